The lowest BCUT2D eigenvalue weighted by Gasteiger charge is -2.21. The number of aryl methyl sites for hydroxylation is 2. The maximum absolute atomic E-state index is 4.70. The van der Waals surface area contributed by atoms with Gasteiger partial charge in [0.2, 0.25) is 5.69 Å². The van der Waals surface area contributed by atoms with E-state index in [2.05, 4.69) is 25.5 Å². The molecule has 0 spiro atoms. The summed E-state index contributed by atoms with van der Waals surface area (Å²) >= 11 is 0. The van der Waals surface area contributed by atoms with Crippen molar-refractivity contribution in [2.45, 2.75) is 0 Å². The van der Waals surface area contributed by atoms with E-state index in [9.17, 15) is 0 Å². The molecule has 4 heterocycles. The second kappa shape index (κ2) is 4.46. The van der Waals surface area contributed by atoms with E-state index < -0.39 is 0 Å². The fourth-order valence-corrected chi connectivity index (χ4v) is 2.41. The van der Waals surface area contributed by atoms with Gasteiger partial charge in [-0.15, -0.1) is 0 Å². The molecule has 2 aromatic heterocycles. The number of aliphatic imine (C=N–C) groups is 2. The van der Waals surface area contributed by atoms with Gasteiger partial charge in [-0.3, -0.25) is 14.4 Å². The molecule has 0 bridgehead atoms. The number of rotatable bonds is 2. The van der Waals surface area contributed by atoms with Crippen LogP contribution in [0.15, 0.2) is 52.3 Å². The summed E-state index contributed by atoms with van der Waals surface area (Å²) in [5, 5.41) is 16.2. The lowest BCUT2D eigenvalue weighted by atomic mass is 10.4. The van der Waals surface area contributed by atoms with E-state index in [0.717, 1.165) is 11.4 Å². The number of nitrogens with zero attached hydrogens (tertiary/aromatic N) is 8. The van der Waals surface area contributed by atoms with Gasteiger partial charge in [0, 0.05) is 20.3 Å². The Bertz CT molecular complexity index is 850. The van der Waals surface area contributed by atoms with Crippen molar-refractivity contribution in [2.24, 2.45) is 29.2 Å². The second-order valence-electron chi connectivity index (χ2n) is 5.06. The average molecular weight is 296 g/mol. The van der Waals surface area contributed by atoms with Crippen LogP contribution in [0.25, 0.3) is 0 Å². The Morgan fingerprint density at radius 1 is 1.09 bits per heavy atom. The van der Waals surface area contributed by atoms with Gasteiger partial charge < -0.3 is 5.32 Å². The van der Waals surface area contributed by atoms with Crippen molar-refractivity contribution in [3.05, 3.63) is 37.2 Å². The van der Waals surface area contributed by atoms with E-state index in [0.29, 0.717) is 11.8 Å². The largest absolute Gasteiger partial charge is 0.317 e. The third-order valence-electron chi connectivity index (χ3n) is 3.43. The molecule has 0 amide bonds. The monoisotopic (exact) mass is 296 g/mol. The lowest BCUT2D eigenvalue weighted by Crippen LogP contribution is -2.44. The van der Waals surface area contributed by atoms with Gasteiger partial charge in [0.15, 0.2) is 6.20 Å². The van der Waals surface area contributed by atoms with Crippen LogP contribution in [-0.4, -0.2) is 37.6 Å². The van der Waals surface area contributed by atoms with E-state index in [1.807, 2.05) is 32.7 Å². The van der Waals surface area contributed by atoms with Crippen molar-refractivity contribution in [2.75, 3.05) is 5.32 Å². The van der Waals surface area contributed by atoms with Gasteiger partial charge in [0.1, 0.15) is 12.4 Å². The van der Waals surface area contributed by atoms with E-state index in [4.69, 9.17) is 5.10 Å². The van der Waals surface area contributed by atoms with Crippen molar-refractivity contribution in [1.29, 1.82) is 0 Å². The number of anilines is 1. The highest BCUT2D eigenvalue weighted by molar-refractivity contribution is 6.38. The molecule has 2 aliphatic rings. The van der Waals surface area contributed by atoms with Crippen molar-refractivity contribution in [3.63, 3.8) is 0 Å². The Labute approximate surface area is 126 Å². The molecule has 1 unspecified atom stereocenters. The van der Waals surface area contributed by atoms with Gasteiger partial charge in [-0.2, -0.15) is 15.2 Å². The van der Waals surface area contributed by atoms with Crippen molar-refractivity contribution in [3.8, 4) is 0 Å². The number of aromatic nitrogens is 4. The van der Waals surface area contributed by atoms with Crippen LogP contribution >= 0.6 is 0 Å². The zero-order chi connectivity index (χ0) is 15.2. The number of guanidine groups is 1. The molecular formula is C13H14N9+. The summed E-state index contributed by atoms with van der Waals surface area (Å²) in [5.74, 6) is 1.21. The van der Waals surface area contributed by atoms with Gasteiger partial charge >= 0.3 is 0 Å². The molecule has 9 nitrogen and oxygen atoms in total. The number of hydrogen-bond donors (Lipinski definition) is 1. The van der Waals surface area contributed by atoms with Crippen LogP contribution in [0.2, 0.25) is 0 Å². The molecule has 22 heavy (non-hydrogen) atoms. The second-order valence-corrected chi connectivity index (χ2v) is 5.06. The molecule has 4 rings (SSSR count). The summed E-state index contributed by atoms with van der Waals surface area (Å²) in [5.41, 5.74) is 1.72. The van der Waals surface area contributed by atoms with E-state index in [1.54, 1.807) is 34.2 Å². The van der Waals surface area contributed by atoms with Crippen LogP contribution in [-0.2, 0) is 14.1 Å². The molecule has 2 aliphatic heterocycles. The van der Waals surface area contributed by atoms with E-state index in [-0.39, 0.29) is 4.59 Å². The first-order chi connectivity index (χ1) is 10.7. The topological polar surface area (TPSA) is 84.8 Å². The maximum atomic E-state index is 4.70. The normalized spacial score (nSPS) is 22.5. The zero-order valence-electron chi connectivity index (χ0n) is 12.1. The van der Waals surface area contributed by atoms with Crippen LogP contribution in [0.4, 0.5) is 11.4 Å². The summed E-state index contributed by atoms with van der Waals surface area (Å²) in [6.07, 6.45) is 12.5. The highest BCUT2D eigenvalue weighted by Gasteiger charge is 2.43. The van der Waals surface area contributed by atoms with Crippen molar-refractivity contribution in [1.82, 2.24) is 24.2 Å². The van der Waals surface area contributed by atoms with Gasteiger partial charge in [-0.05, 0) is 5.10 Å². The quantitative estimate of drug-likeness (QED) is 0.832. The summed E-state index contributed by atoms with van der Waals surface area (Å²) < 4.78 is 3.58. The molecule has 0 saturated heterocycles. The molecule has 2 aromatic rings. The van der Waals surface area contributed by atoms with Crippen LogP contribution in [0, 0.1) is 0 Å². The third-order valence-corrected chi connectivity index (χ3v) is 3.43. The van der Waals surface area contributed by atoms with Crippen LogP contribution in [0.3, 0.4) is 0 Å². The third kappa shape index (κ3) is 1.87. The average Bonchev–Trinajstić information content (AvgIpc) is 3.18. The first-order valence-corrected chi connectivity index (χ1v) is 6.70. The van der Waals surface area contributed by atoms with Gasteiger partial charge in [-0.25, -0.2) is 0 Å². The van der Waals surface area contributed by atoms with Crippen LogP contribution < -0.4 is 9.91 Å². The smallest absolute Gasteiger partial charge is 0.287 e. The minimum Gasteiger partial charge on any atom is -0.317 e. The van der Waals surface area contributed by atoms with Crippen LogP contribution in [0.5, 0.6) is 0 Å². The standard InChI is InChI=1S/C13H14N9/c1-20-8-10(5-15-20)17-13-18-12-7-14-3-4-22(12,19-13)11-6-16-21(2)9-11/h3-9H,1-2H3,(H,17,19)/q+1. The molecule has 0 radical (unpaired) electrons. The predicted octanol–water partition coefficient (Wildman–Crippen LogP) is 0.812. The fourth-order valence-electron chi connectivity index (χ4n) is 2.41. The minimum absolute atomic E-state index is 0.125. The highest BCUT2D eigenvalue weighted by atomic mass is 15.7. The van der Waals surface area contributed by atoms with Gasteiger partial charge in [0.05, 0.1) is 24.3 Å². The Hall–Kier alpha value is -3.07. The number of nitrogens with one attached hydrogen (secondary N) is 1. The summed E-state index contributed by atoms with van der Waals surface area (Å²) in [7, 11) is 3.73. The Balaban J connectivity index is 1.75. The molecule has 1 N–H and O–H groups in total. The molecule has 1 atom stereocenters. The SMILES string of the molecule is Cn1cc(NC2=N[N+]3(c4cnn(C)c4)C=CN=CC3=N2)cn1. The van der Waals surface area contributed by atoms with E-state index in [1.165, 1.54) is 0 Å². The molecule has 110 valence electrons. The molecular weight excluding hydrogens is 282 g/mol. The summed E-state index contributed by atoms with van der Waals surface area (Å²) in [6, 6.07) is 0. The van der Waals surface area contributed by atoms with E-state index >= 15 is 0 Å². The molecule has 0 aliphatic carbocycles. The summed E-state index contributed by atoms with van der Waals surface area (Å²) in [4.78, 5) is 8.67. The number of quaternary nitrogens is 1. The lowest BCUT2D eigenvalue weighted by molar-refractivity contribution is 0.591. The number of hydrogen-bond acceptors (Lipinski definition) is 6. The number of fused-ring (bicyclic) bond motifs is 1. The first kappa shape index (κ1) is 12.7. The Morgan fingerprint density at radius 2 is 1.91 bits per heavy atom. The Kier molecular flexibility index (Phi) is 2.57. The molecule has 0 saturated carbocycles. The molecule has 9 heteroatoms. The maximum Gasteiger partial charge on any atom is 0.287 e. The van der Waals surface area contributed by atoms with Crippen LogP contribution in [0.1, 0.15) is 0 Å². The summed E-state index contributed by atoms with van der Waals surface area (Å²) in [6.45, 7) is 0. The first-order valence-electron chi connectivity index (χ1n) is 6.70. The highest BCUT2D eigenvalue weighted by Crippen LogP contribution is 2.30. The number of amidine groups is 1. The predicted molar refractivity (Wildman–Crippen MR) is 84.3 cm³/mol. The van der Waals surface area contributed by atoms with Gasteiger partial charge in [-0.1, -0.05) is 4.59 Å². The molecule has 0 fully saturated rings. The van der Waals surface area contributed by atoms with Crippen molar-refractivity contribution >= 4 is 29.4 Å². The fraction of sp³-hybridized carbons (Fsp3) is 0.154. The minimum atomic E-state index is 0.125. The Morgan fingerprint density at radius 3 is 2.64 bits per heavy atom. The molecule has 0 aromatic carbocycles. The zero-order valence-corrected chi connectivity index (χ0v) is 12.1. The van der Waals surface area contributed by atoms with Gasteiger partial charge in [0.25, 0.3) is 11.8 Å². The van der Waals surface area contributed by atoms with Crippen molar-refractivity contribution < 1.29 is 0 Å².